The number of rotatable bonds is 7. The van der Waals surface area contributed by atoms with Crippen molar-refractivity contribution >= 4 is 23.3 Å². The molecule has 2 amide bonds. The Morgan fingerprint density at radius 2 is 2.21 bits per heavy atom. The fourth-order valence-corrected chi connectivity index (χ4v) is 2.51. The van der Waals surface area contributed by atoms with Gasteiger partial charge in [-0.1, -0.05) is 13.0 Å². The third-order valence-electron chi connectivity index (χ3n) is 2.82. The summed E-state index contributed by atoms with van der Waals surface area (Å²) in [5, 5.41) is 16.3. The largest absolute Gasteiger partial charge is 0.481 e. The Morgan fingerprint density at radius 1 is 1.47 bits per heavy atom. The van der Waals surface area contributed by atoms with Crippen LogP contribution in [0.1, 0.15) is 25.1 Å². The van der Waals surface area contributed by atoms with E-state index >= 15 is 0 Å². The van der Waals surface area contributed by atoms with Crippen LogP contribution in [-0.4, -0.2) is 29.7 Å². The van der Waals surface area contributed by atoms with E-state index in [1.165, 1.54) is 4.88 Å². The number of aliphatic carboxylic acids is 1. The fraction of sp³-hybridized carbons (Fsp3) is 0.538. The molecule has 2 atom stereocenters. The van der Waals surface area contributed by atoms with E-state index < -0.39 is 11.9 Å². The highest BCUT2D eigenvalue weighted by Crippen LogP contribution is 2.10. The highest BCUT2D eigenvalue weighted by molar-refractivity contribution is 7.09. The van der Waals surface area contributed by atoms with E-state index in [1.54, 1.807) is 18.3 Å². The lowest BCUT2D eigenvalue weighted by atomic mass is 10.1. The van der Waals surface area contributed by atoms with Crippen LogP contribution in [0.2, 0.25) is 0 Å². The predicted molar refractivity (Wildman–Crippen MR) is 75.4 cm³/mol. The van der Waals surface area contributed by atoms with Crippen molar-refractivity contribution in [2.45, 2.75) is 32.7 Å². The molecule has 6 heteroatoms. The van der Waals surface area contributed by atoms with Gasteiger partial charge in [-0.3, -0.25) is 4.79 Å². The van der Waals surface area contributed by atoms with Crippen molar-refractivity contribution in [3.05, 3.63) is 22.4 Å². The van der Waals surface area contributed by atoms with Crippen LogP contribution in [0.4, 0.5) is 4.79 Å². The minimum absolute atomic E-state index is 0.0172. The zero-order chi connectivity index (χ0) is 14.3. The number of amides is 2. The predicted octanol–water partition coefficient (Wildman–Crippen LogP) is 2.09. The summed E-state index contributed by atoms with van der Waals surface area (Å²) in [4.78, 5) is 23.6. The molecule has 5 nitrogen and oxygen atoms in total. The smallest absolute Gasteiger partial charge is 0.315 e. The first kappa shape index (κ1) is 15.5. The van der Waals surface area contributed by atoms with Crippen LogP contribution < -0.4 is 10.6 Å². The summed E-state index contributed by atoms with van der Waals surface area (Å²) in [6.07, 6.45) is 1.28. The van der Waals surface area contributed by atoms with Gasteiger partial charge in [-0.25, -0.2) is 4.79 Å². The first-order valence-electron chi connectivity index (χ1n) is 6.32. The van der Waals surface area contributed by atoms with Gasteiger partial charge in [0.1, 0.15) is 0 Å². The molecule has 0 bridgehead atoms. The Morgan fingerprint density at radius 3 is 2.74 bits per heavy atom. The second kappa shape index (κ2) is 7.78. The summed E-state index contributed by atoms with van der Waals surface area (Å²) in [6.45, 7) is 3.87. The Bertz CT molecular complexity index is 406. The highest BCUT2D eigenvalue weighted by Gasteiger charge is 2.16. The van der Waals surface area contributed by atoms with E-state index in [4.69, 9.17) is 5.11 Å². The molecule has 19 heavy (non-hydrogen) atoms. The Hall–Kier alpha value is -1.56. The molecule has 0 aliphatic rings. The molecule has 0 aliphatic carbocycles. The van der Waals surface area contributed by atoms with E-state index in [0.29, 0.717) is 6.42 Å². The molecule has 0 saturated carbocycles. The Labute approximate surface area is 117 Å². The van der Waals surface area contributed by atoms with Crippen LogP contribution in [0.3, 0.4) is 0 Å². The minimum atomic E-state index is -0.880. The number of carbonyl (C=O) groups excluding carboxylic acids is 1. The van der Waals surface area contributed by atoms with Crippen molar-refractivity contribution in [2.75, 3.05) is 6.54 Å². The van der Waals surface area contributed by atoms with Crippen molar-refractivity contribution in [1.82, 2.24) is 10.6 Å². The summed E-state index contributed by atoms with van der Waals surface area (Å²) >= 11 is 1.65. The summed E-state index contributed by atoms with van der Waals surface area (Å²) in [6, 6.07) is 3.70. The van der Waals surface area contributed by atoms with Crippen LogP contribution in [0.25, 0.3) is 0 Å². The number of carboxylic acids is 1. The average Bonchev–Trinajstić information content (AvgIpc) is 2.81. The molecular formula is C13H20N2O3S. The quantitative estimate of drug-likeness (QED) is 0.717. The van der Waals surface area contributed by atoms with Gasteiger partial charge in [0.2, 0.25) is 0 Å². The van der Waals surface area contributed by atoms with Crippen molar-refractivity contribution < 1.29 is 14.7 Å². The summed E-state index contributed by atoms with van der Waals surface area (Å²) < 4.78 is 0. The number of carbonyl (C=O) groups is 2. The van der Waals surface area contributed by atoms with E-state index in [9.17, 15) is 9.59 Å². The van der Waals surface area contributed by atoms with Crippen molar-refractivity contribution in [2.24, 2.45) is 5.92 Å². The lowest BCUT2D eigenvalue weighted by Gasteiger charge is -2.15. The van der Waals surface area contributed by atoms with Crippen LogP contribution >= 0.6 is 11.3 Å². The Kier molecular flexibility index (Phi) is 6.35. The van der Waals surface area contributed by atoms with Gasteiger partial charge in [0.05, 0.1) is 5.92 Å². The molecular weight excluding hydrogens is 264 g/mol. The number of urea groups is 1. The SMILES string of the molecule is CCC(CNC(=O)NC(C)Cc1cccs1)C(=O)O. The number of hydrogen-bond acceptors (Lipinski definition) is 3. The van der Waals surface area contributed by atoms with Crippen LogP contribution in [0.5, 0.6) is 0 Å². The molecule has 0 spiro atoms. The number of carboxylic acid groups (broad SMARTS) is 1. The van der Waals surface area contributed by atoms with Crippen LogP contribution in [0.15, 0.2) is 17.5 Å². The molecule has 1 heterocycles. The monoisotopic (exact) mass is 284 g/mol. The molecule has 106 valence electrons. The van der Waals surface area contributed by atoms with Gasteiger partial charge in [0.15, 0.2) is 0 Å². The molecule has 0 aliphatic heterocycles. The first-order chi connectivity index (χ1) is 9.02. The zero-order valence-corrected chi connectivity index (χ0v) is 12.0. The van der Waals surface area contributed by atoms with Crippen molar-refractivity contribution in [3.63, 3.8) is 0 Å². The minimum Gasteiger partial charge on any atom is -0.481 e. The first-order valence-corrected chi connectivity index (χ1v) is 7.20. The molecule has 0 saturated heterocycles. The van der Waals surface area contributed by atoms with Gasteiger partial charge in [0.25, 0.3) is 0 Å². The second-order valence-electron chi connectivity index (χ2n) is 4.48. The molecule has 0 fully saturated rings. The summed E-state index contributed by atoms with van der Waals surface area (Å²) in [5.41, 5.74) is 0. The third-order valence-corrected chi connectivity index (χ3v) is 3.71. The fourth-order valence-electron chi connectivity index (χ4n) is 1.68. The van der Waals surface area contributed by atoms with Crippen molar-refractivity contribution in [3.8, 4) is 0 Å². The third kappa shape index (κ3) is 5.74. The normalized spacial score (nSPS) is 13.6. The van der Waals surface area contributed by atoms with Crippen LogP contribution in [0, 0.1) is 5.92 Å². The lowest BCUT2D eigenvalue weighted by Crippen LogP contribution is -2.44. The number of thiophene rings is 1. The maximum atomic E-state index is 11.6. The summed E-state index contributed by atoms with van der Waals surface area (Å²) in [5.74, 6) is -1.41. The zero-order valence-electron chi connectivity index (χ0n) is 11.2. The maximum Gasteiger partial charge on any atom is 0.315 e. The van der Waals surface area contributed by atoms with E-state index in [1.807, 2.05) is 24.4 Å². The van der Waals surface area contributed by atoms with Crippen LogP contribution in [-0.2, 0) is 11.2 Å². The average molecular weight is 284 g/mol. The van der Waals surface area contributed by atoms with E-state index in [0.717, 1.165) is 6.42 Å². The van der Waals surface area contributed by atoms with Gasteiger partial charge >= 0.3 is 12.0 Å². The maximum absolute atomic E-state index is 11.6. The molecule has 3 N–H and O–H groups in total. The van der Waals surface area contributed by atoms with Gasteiger partial charge in [-0.2, -0.15) is 0 Å². The molecule has 2 unspecified atom stereocenters. The van der Waals surface area contributed by atoms with Gasteiger partial charge in [0, 0.05) is 23.9 Å². The van der Waals surface area contributed by atoms with Gasteiger partial charge in [-0.05, 0) is 24.8 Å². The molecule has 1 rings (SSSR count). The van der Waals surface area contributed by atoms with E-state index in [-0.39, 0.29) is 18.6 Å². The van der Waals surface area contributed by atoms with Gasteiger partial charge < -0.3 is 15.7 Å². The standard InChI is InChI=1S/C13H20N2O3S/c1-3-10(12(16)17)8-14-13(18)15-9(2)7-11-5-4-6-19-11/h4-6,9-10H,3,7-8H2,1-2H3,(H,16,17)(H2,14,15,18). The number of nitrogens with one attached hydrogen (secondary N) is 2. The van der Waals surface area contributed by atoms with Gasteiger partial charge in [-0.15, -0.1) is 11.3 Å². The van der Waals surface area contributed by atoms with Crippen molar-refractivity contribution in [1.29, 1.82) is 0 Å². The van der Waals surface area contributed by atoms with E-state index in [2.05, 4.69) is 10.6 Å². The molecule has 1 aromatic rings. The summed E-state index contributed by atoms with van der Waals surface area (Å²) in [7, 11) is 0. The molecule has 0 aromatic carbocycles. The topological polar surface area (TPSA) is 78.4 Å². The highest BCUT2D eigenvalue weighted by atomic mass is 32.1. The molecule has 1 aromatic heterocycles. The number of hydrogen-bond donors (Lipinski definition) is 3. The Balaban J connectivity index is 2.28. The second-order valence-corrected chi connectivity index (χ2v) is 5.51. The lowest BCUT2D eigenvalue weighted by molar-refractivity contribution is -0.141. The molecule has 0 radical (unpaired) electrons.